The lowest BCUT2D eigenvalue weighted by Gasteiger charge is -2.11. The van der Waals surface area contributed by atoms with Crippen LogP contribution in [0.5, 0.6) is 0 Å². The second-order valence-electron chi connectivity index (χ2n) is 4.00. The van der Waals surface area contributed by atoms with Gasteiger partial charge in [0.1, 0.15) is 0 Å². The number of imide groups is 1. The van der Waals surface area contributed by atoms with Gasteiger partial charge >= 0.3 is 0 Å². The summed E-state index contributed by atoms with van der Waals surface area (Å²) in [5, 5.41) is 0. The monoisotopic (exact) mass is 244 g/mol. The summed E-state index contributed by atoms with van der Waals surface area (Å²) in [6.07, 6.45) is 0.514. The van der Waals surface area contributed by atoms with Crippen molar-refractivity contribution in [1.29, 1.82) is 0 Å². The maximum Gasteiger partial charge on any atom is 0.261 e. The Morgan fingerprint density at radius 3 is 2.33 bits per heavy atom. The van der Waals surface area contributed by atoms with E-state index in [9.17, 15) is 9.59 Å². The molecule has 0 atom stereocenters. The average Bonchev–Trinajstić information content (AvgIpc) is 2.39. The first-order chi connectivity index (χ1) is 8.65. The SMILES string of the molecule is CN(C)CC#CCN(C=O)C(=O)c1ccccc1. The Morgan fingerprint density at radius 1 is 1.17 bits per heavy atom. The molecule has 0 saturated heterocycles. The minimum atomic E-state index is -0.329. The molecule has 0 heterocycles. The Kier molecular flexibility index (Phi) is 5.62. The molecule has 0 aromatic heterocycles. The Balaban J connectivity index is 2.63. The van der Waals surface area contributed by atoms with Gasteiger partial charge in [0.25, 0.3) is 5.91 Å². The van der Waals surface area contributed by atoms with Gasteiger partial charge in [-0.2, -0.15) is 0 Å². The van der Waals surface area contributed by atoms with E-state index in [2.05, 4.69) is 11.8 Å². The molecule has 0 aliphatic carbocycles. The van der Waals surface area contributed by atoms with Crippen molar-refractivity contribution in [2.45, 2.75) is 0 Å². The summed E-state index contributed by atoms with van der Waals surface area (Å²) >= 11 is 0. The van der Waals surface area contributed by atoms with E-state index in [1.165, 1.54) is 0 Å². The molecule has 0 spiro atoms. The van der Waals surface area contributed by atoms with Crippen LogP contribution in [0, 0.1) is 11.8 Å². The normalized spacial score (nSPS) is 9.50. The van der Waals surface area contributed by atoms with Crippen molar-refractivity contribution in [3.8, 4) is 11.8 Å². The lowest BCUT2D eigenvalue weighted by atomic mass is 10.2. The van der Waals surface area contributed by atoms with Crippen LogP contribution in [0.2, 0.25) is 0 Å². The first-order valence-corrected chi connectivity index (χ1v) is 5.57. The number of carbonyl (C=O) groups excluding carboxylic acids is 2. The van der Waals surface area contributed by atoms with Crippen molar-refractivity contribution in [2.75, 3.05) is 27.2 Å². The summed E-state index contributed by atoms with van der Waals surface area (Å²) in [6, 6.07) is 8.68. The van der Waals surface area contributed by atoms with Gasteiger partial charge in [0.2, 0.25) is 6.41 Å². The summed E-state index contributed by atoms with van der Waals surface area (Å²) in [6.45, 7) is 0.720. The van der Waals surface area contributed by atoms with Crippen LogP contribution in [-0.2, 0) is 4.79 Å². The molecule has 18 heavy (non-hydrogen) atoms. The first-order valence-electron chi connectivity index (χ1n) is 5.57. The van der Waals surface area contributed by atoms with E-state index in [-0.39, 0.29) is 12.5 Å². The molecule has 0 N–H and O–H groups in total. The molecule has 0 unspecified atom stereocenters. The molecule has 0 radical (unpaired) electrons. The topological polar surface area (TPSA) is 40.6 Å². The van der Waals surface area contributed by atoms with Crippen LogP contribution in [0.25, 0.3) is 0 Å². The second-order valence-corrected chi connectivity index (χ2v) is 4.00. The standard InChI is InChI=1S/C14H16N2O2/c1-15(2)10-6-7-11-16(12-17)14(18)13-8-4-3-5-9-13/h3-5,8-9,12H,10-11H2,1-2H3. The van der Waals surface area contributed by atoms with E-state index in [1.54, 1.807) is 24.3 Å². The number of nitrogens with zero attached hydrogens (tertiary/aromatic N) is 2. The zero-order valence-electron chi connectivity index (χ0n) is 10.6. The van der Waals surface area contributed by atoms with Crippen LogP contribution < -0.4 is 0 Å². The van der Waals surface area contributed by atoms with Crippen LogP contribution in [0.1, 0.15) is 10.4 Å². The zero-order chi connectivity index (χ0) is 13.4. The lowest BCUT2D eigenvalue weighted by molar-refractivity contribution is -0.115. The molecule has 4 nitrogen and oxygen atoms in total. The molecule has 1 aromatic carbocycles. The van der Waals surface area contributed by atoms with Crippen molar-refractivity contribution in [3.05, 3.63) is 35.9 Å². The third-order valence-corrected chi connectivity index (χ3v) is 2.18. The van der Waals surface area contributed by atoms with E-state index in [0.29, 0.717) is 18.5 Å². The number of hydrogen-bond acceptors (Lipinski definition) is 3. The Morgan fingerprint density at radius 2 is 1.78 bits per heavy atom. The van der Waals surface area contributed by atoms with Crippen molar-refractivity contribution >= 4 is 12.3 Å². The highest BCUT2D eigenvalue weighted by Gasteiger charge is 2.12. The number of carbonyl (C=O) groups is 2. The third-order valence-electron chi connectivity index (χ3n) is 2.18. The van der Waals surface area contributed by atoms with E-state index < -0.39 is 0 Å². The largest absolute Gasteiger partial charge is 0.299 e. The van der Waals surface area contributed by atoms with Gasteiger partial charge in [-0.25, -0.2) is 0 Å². The highest BCUT2D eigenvalue weighted by Crippen LogP contribution is 2.02. The van der Waals surface area contributed by atoms with Crippen molar-refractivity contribution in [2.24, 2.45) is 0 Å². The minimum absolute atomic E-state index is 0.116. The lowest BCUT2D eigenvalue weighted by Crippen LogP contribution is -2.30. The number of amides is 2. The molecule has 1 rings (SSSR count). The molecule has 0 aliphatic rings. The molecule has 94 valence electrons. The van der Waals surface area contributed by atoms with Crippen molar-refractivity contribution in [3.63, 3.8) is 0 Å². The summed E-state index contributed by atoms with van der Waals surface area (Å²) in [4.78, 5) is 25.8. The van der Waals surface area contributed by atoms with E-state index in [4.69, 9.17) is 0 Å². The van der Waals surface area contributed by atoms with Crippen molar-refractivity contribution in [1.82, 2.24) is 9.80 Å². The van der Waals surface area contributed by atoms with Gasteiger partial charge in [-0.3, -0.25) is 19.4 Å². The van der Waals surface area contributed by atoms with E-state index >= 15 is 0 Å². The van der Waals surface area contributed by atoms with E-state index in [1.807, 2.05) is 25.1 Å². The van der Waals surface area contributed by atoms with Gasteiger partial charge in [-0.15, -0.1) is 0 Å². The Labute approximate surface area is 107 Å². The highest BCUT2D eigenvalue weighted by molar-refractivity contribution is 5.99. The zero-order valence-corrected chi connectivity index (χ0v) is 10.6. The summed E-state index contributed by atoms with van der Waals surface area (Å²) < 4.78 is 0. The molecular weight excluding hydrogens is 228 g/mol. The molecule has 1 aromatic rings. The fourth-order valence-corrected chi connectivity index (χ4v) is 1.26. The highest BCUT2D eigenvalue weighted by atomic mass is 16.2. The minimum Gasteiger partial charge on any atom is -0.299 e. The molecule has 0 saturated carbocycles. The Bertz CT molecular complexity index is 458. The van der Waals surface area contributed by atoms with Gasteiger partial charge < -0.3 is 0 Å². The summed E-state index contributed by atoms with van der Waals surface area (Å²) in [7, 11) is 3.81. The fourth-order valence-electron chi connectivity index (χ4n) is 1.26. The number of benzene rings is 1. The predicted molar refractivity (Wildman–Crippen MR) is 69.9 cm³/mol. The van der Waals surface area contributed by atoms with Gasteiger partial charge in [-0.05, 0) is 26.2 Å². The second kappa shape index (κ2) is 7.25. The Hall–Kier alpha value is -2.12. The van der Waals surface area contributed by atoms with E-state index in [0.717, 1.165) is 4.90 Å². The van der Waals surface area contributed by atoms with Crippen LogP contribution >= 0.6 is 0 Å². The molecular formula is C14H16N2O2. The summed E-state index contributed by atoms with van der Waals surface area (Å²) in [5.41, 5.74) is 0.485. The molecule has 4 heteroatoms. The fraction of sp³-hybridized carbons (Fsp3) is 0.286. The van der Waals surface area contributed by atoms with Crippen LogP contribution in [-0.4, -0.2) is 49.3 Å². The molecule has 2 amide bonds. The molecule has 0 aliphatic heterocycles. The maximum absolute atomic E-state index is 11.9. The van der Waals surface area contributed by atoms with Crippen LogP contribution in [0.4, 0.5) is 0 Å². The van der Waals surface area contributed by atoms with Crippen LogP contribution in [0.3, 0.4) is 0 Å². The first kappa shape index (κ1) is 13.9. The maximum atomic E-state index is 11.9. The number of hydrogen-bond donors (Lipinski definition) is 0. The number of rotatable bonds is 4. The smallest absolute Gasteiger partial charge is 0.261 e. The molecule has 0 bridgehead atoms. The van der Waals surface area contributed by atoms with Gasteiger partial charge in [-0.1, -0.05) is 30.0 Å². The molecule has 0 fully saturated rings. The van der Waals surface area contributed by atoms with Gasteiger partial charge in [0, 0.05) is 5.56 Å². The van der Waals surface area contributed by atoms with Crippen molar-refractivity contribution < 1.29 is 9.59 Å². The quantitative estimate of drug-likeness (QED) is 0.582. The average molecular weight is 244 g/mol. The van der Waals surface area contributed by atoms with Gasteiger partial charge in [0.05, 0.1) is 13.1 Å². The third kappa shape index (κ3) is 4.40. The van der Waals surface area contributed by atoms with Crippen LogP contribution in [0.15, 0.2) is 30.3 Å². The predicted octanol–water partition coefficient (Wildman–Crippen LogP) is 0.850. The van der Waals surface area contributed by atoms with Gasteiger partial charge in [0.15, 0.2) is 0 Å². The summed E-state index contributed by atoms with van der Waals surface area (Å²) in [5.74, 6) is 5.35.